The summed E-state index contributed by atoms with van der Waals surface area (Å²) in [4.78, 5) is 11.9. The molecule has 0 fully saturated rings. The van der Waals surface area contributed by atoms with E-state index in [-0.39, 0.29) is 17.2 Å². The van der Waals surface area contributed by atoms with Crippen LogP contribution in [0.25, 0.3) is 0 Å². The lowest BCUT2D eigenvalue weighted by atomic mass is 10.1. The van der Waals surface area contributed by atoms with Gasteiger partial charge in [0.05, 0.1) is 12.7 Å². The minimum Gasteiger partial charge on any atom is -0.507 e. The molecule has 106 valence electrons. The second-order valence-corrected chi connectivity index (χ2v) is 4.62. The third-order valence-electron chi connectivity index (χ3n) is 2.79. The Hall–Kier alpha value is -1.42. The first-order chi connectivity index (χ1) is 9.19. The van der Waals surface area contributed by atoms with Gasteiger partial charge in [0.1, 0.15) is 11.5 Å². The van der Waals surface area contributed by atoms with Crippen molar-refractivity contribution in [1.29, 1.82) is 0 Å². The number of alkyl halides is 1. The number of hydrogen-bond acceptors (Lipinski definition) is 3. The molecule has 0 aromatic heterocycles. The molecule has 0 unspecified atom stereocenters. The van der Waals surface area contributed by atoms with Crippen LogP contribution in [-0.2, 0) is 0 Å². The molecule has 0 spiro atoms. The van der Waals surface area contributed by atoms with Crippen molar-refractivity contribution in [2.24, 2.45) is 0 Å². The summed E-state index contributed by atoms with van der Waals surface area (Å²) in [5.74, 6) is 0.906. The van der Waals surface area contributed by atoms with Gasteiger partial charge in [0.25, 0.3) is 5.91 Å². The van der Waals surface area contributed by atoms with E-state index in [9.17, 15) is 9.90 Å². The monoisotopic (exact) mass is 285 g/mol. The molecule has 1 aromatic rings. The minimum atomic E-state index is -0.284. The van der Waals surface area contributed by atoms with Crippen LogP contribution in [-0.4, -0.2) is 30.5 Å². The van der Waals surface area contributed by atoms with Gasteiger partial charge in [-0.25, -0.2) is 0 Å². The van der Waals surface area contributed by atoms with Crippen molar-refractivity contribution < 1.29 is 14.6 Å². The molecule has 1 aromatic carbocycles. The topological polar surface area (TPSA) is 58.6 Å². The van der Waals surface area contributed by atoms with Crippen LogP contribution in [0.3, 0.4) is 0 Å². The van der Waals surface area contributed by atoms with E-state index in [4.69, 9.17) is 16.3 Å². The maximum atomic E-state index is 11.9. The Morgan fingerprint density at radius 1 is 1.32 bits per heavy atom. The maximum Gasteiger partial charge on any atom is 0.255 e. The van der Waals surface area contributed by atoms with Gasteiger partial charge in [0, 0.05) is 12.4 Å². The average molecular weight is 286 g/mol. The van der Waals surface area contributed by atoms with Gasteiger partial charge in [-0.1, -0.05) is 12.8 Å². The number of halogens is 1. The highest BCUT2D eigenvalue weighted by Gasteiger charge is 2.11. The third kappa shape index (κ3) is 5.39. The van der Waals surface area contributed by atoms with E-state index in [0.717, 1.165) is 25.7 Å². The molecule has 2 N–H and O–H groups in total. The van der Waals surface area contributed by atoms with Crippen LogP contribution in [0.2, 0.25) is 0 Å². The van der Waals surface area contributed by atoms with Gasteiger partial charge in [0.15, 0.2) is 0 Å². The zero-order valence-electron chi connectivity index (χ0n) is 11.1. The summed E-state index contributed by atoms with van der Waals surface area (Å²) in [6.45, 7) is 0.595. The number of carbonyl (C=O) groups is 1. The number of phenols is 1. The fourth-order valence-corrected chi connectivity index (χ4v) is 1.88. The Balaban J connectivity index is 2.40. The predicted octanol–water partition coefficient (Wildman–Crippen LogP) is 2.93. The van der Waals surface area contributed by atoms with E-state index in [1.165, 1.54) is 19.2 Å². The number of ether oxygens (including phenoxy) is 1. The highest BCUT2D eigenvalue weighted by Crippen LogP contribution is 2.22. The second-order valence-electron chi connectivity index (χ2n) is 4.24. The molecule has 0 heterocycles. The lowest BCUT2D eigenvalue weighted by Gasteiger charge is -2.08. The first-order valence-electron chi connectivity index (χ1n) is 6.40. The molecule has 1 rings (SSSR count). The van der Waals surface area contributed by atoms with Crippen LogP contribution >= 0.6 is 11.6 Å². The van der Waals surface area contributed by atoms with Crippen LogP contribution in [0.1, 0.15) is 36.0 Å². The zero-order valence-corrected chi connectivity index (χ0v) is 11.9. The first-order valence-corrected chi connectivity index (χ1v) is 6.93. The van der Waals surface area contributed by atoms with Crippen LogP contribution in [0.4, 0.5) is 0 Å². The normalized spacial score (nSPS) is 10.2. The Labute approximate surface area is 118 Å². The van der Waals surface area contributed by atoms with E-state index < -0.39 is 0 Å². The summed E-state index contributed by atoms with van der Waals surface area (Å²) >= 11 is 5.58. The summed E-state index contributed by atoms with van der Waals surface area (Å²) in [5, 5.41) is 12.4. The zero-order chi connectivity index (χ0) is 14.1. The smallest absolute Gasteiger partial charge is 0.255 e. The fraction of sp³-hybridized carbons (Fsp3) is 0.500. The number of aromatic hydroxyl groups is 1. The van der Waals surface area contributed by atoms with Gasteiger partial charge in [-0.3, -0.25) is 4.79 Å². The molecule has 0 atom stereocenters. The minimum absolute atomic E-state index is 0.0413. The number of nitrogens with one attached hydrogen (secondary N) is 1. The van der Waals surface area contributed by atoms with E-state index in [0.29, 0.717) is 18.2 Å². The number of unbranched alkanes of at least 4 members (excludes halogenated alkanes) is 3. The number of amides is 1. The quantitative estimate of drug-likeness (QED) is 0.570. The number of benzene rings is 1. The standard InChI is InChI=1S/C14H20ClNO3/c1-19-11-6-7-13(17)12(10-11)14(18)16-9-5-3-2-4-8-15/h6-7,10,17H,2-5,8-9H2,1H3,(H,16,18). The fourth-order valence-electron chi connectivity index (χ4n) is 1.69. The number of methoxy groups -OCH3 is 1. The van der Waals surface area contributed by atoms with Crippen LogP contribution in [0.5, 0.6) is 11.5 Å². The highest BCUT2D eigenvalue weighted by atomic mass is 35.5. The summed E-state index contributed by atoms with van der Waals surface area (Å²) in [5.41, 5.74) is 0.236. The average Bonchev–Trinajstić information content (AvgIpc) is 2.43. The van der Waals surface area contributed by atoms with E-state index in [1.807, 2.05) is 0 Å². The van der Waals surface area contributed by atoms with Gasteiger partial charge in [-0.05, 0) is 31.0 Å². The molecule has 0 saturated carbocycles. The van der Waals surface area contributed by atoms with Crippen molar-refractivity contribution in [3.63, 3.8) is 0 Å². The van der Waals surface area contributed by atoms with E-state index in [1.54, 1.807) is 6.07 Å². The van der Waals surface area contributed by atoms with Gasteiger partial charge in [-0.2, -0.15) is 0 Å². The first kappa shape index (κ1) is 15.6. The van der Waals surface area contributed by atoms with Gasteiger partial charge >= 0.3 is 0 Å². The number of hydrogen-bond donors (Lipinski definition) is 2. The van der Waals surface area contributed by atoms with E-state index >= 15 is 0 Å². The SMILES string of the molecule is COc1ccc(O)c(C(=O)NCCCCCCCl)c1. The van der Waals surface area contributed by atoms with Crippen molar-refractivity contribution in [2.75, 3.05) is 19.5 Å². The molecule has 0 bridgehead atoms. The van der Waals surface area contributed by atoms with Gasteiger partial charge < -0.3 is 15.2 Å². The number of phenolic OH excluding ortho intramolecular Hbond substituents is 1. The third-order valence-corrected chi connectivity index (χ3v) is 3.06. The molecule has 0 aliphatic rings. The number of carbonyl (C=O) groups excluding carboxylic acids is 1. The summed E-state index contributed by atoms with van der Waals surface area (Å²) in [6.07, 6.45) is 4.03. The largest absolute Gasteiger partial charge is 0.507 e. The van der Waals surface area contributed by atoms with Gasteiger partial charge in [0.2, 0.25) is 0 Å². The van der Waals surface area contributed by atoms with Gasteiger partial charge in [-0.15, -0.1) is 11.6 Å². The lowest BCUT2D eigenvalue weighted by molar-refractivity contribution is 0.0950. The van der Waals surface area contributed by atoms with Crippen molar-refractivity contribution in [2.45, 2.75) is 25.7 Å². The molecular formula is C14H20ClNO3. The van der Waals surface area contributed by atoms with Crippen LogP contribution in [0.15, 0.2) is 18.2 Å². The molecular weight excluding hydrogens is 266 g/mol. The Bertz CT molecular complexity index is 410. The molecule has 0 aliphatic carbocycles. The molecule has 0 saturated heterocycles. The Kier molecular flexibility index (Phi) is 7.11. The Morgan fingerprint density at radius 2 is 2.05 bits per heavy atom. The van der Waals surface area contributed by atoms with Crippen LogP contribution < -0.4 is 10.1 Å². The number of rotatable bonds is 8. The Morgan fingerprint density at radius 3 is 2.74 bits per heavy atom. The van der Waals surface area contributed by atoms with Crippen molar-refractivity contribution >= 4 is 17.5 Å². The van der Waals surface area contributed by atoms with Crippen molar-refractivity contribution in [3.8, 4) is 11.5 Å². The molecule has 4 nitrogen and oxygen atoms in total. The maximum absolute atomic E-state index is 11.9. The predicted molar refractivity (Wildman–Crippen MR) is 76.2 cm³/mol. The molecule has 19 heavy (non-hydrogen) atoms. The molecule has 1 amide bonds. The molecule has 0 radical (unpaired) electrons. The van der Waals surface area contributed by atoms with Crippen LogP contribution in [0, 0.1) is 0 Å². The summed E-state index contributed by atoms with van der Waals surface area (Å²) in [6, 6.07) is 4.59. The van der Waals surface area contributed by atoms with Crippen molar-refractivity contribution in [1.82, 2.24) is 5.32 Å². The highest BCUT2D eigenvalue weighted by molar-refractivity contribution is 6.17. The second kappa shape index (κ2) is 8.64. The molecule has 0 aliphatic heterocycles. The summed E-state index contributed by atoms with van der Waals surface area (Å²) < 4.78 is 5.03. The summed E-state index contributed by atoms with van der Waals surface area (Å²) in [7, 11) is 1.52. The lowest BCUT2D eigenvalue weighted by Crippen LogP contribution is -2.24. The van der Waals surface area contributed by atoms with Crippen molar-refractivity contribution in [3.05, 3.63) is 23.8 Å². The molecule has 5 heteroatoms. The van der Waals surface area contributed by atoms with E-state index in [2.05, 4.69) is 5.32 Å².